The number of rotatable bonds is 3. The van der Waals surface area contributed by atoms with Gasteiger partial charge in [-0.2, -0.15) is 0 Å². The fraction of sp³-hybridized carbons (Fsp3) is 0.200. The molecule has 1 N–H and O–H groups in total. The van der Waals surface area contributed by atoms with Crippen LogP contribution in [0, 0.1) is 5.92 Å². The molecule has 1 saturated heterocycles. The van der Waals surface area contributed by atoms with Gasteiger partial charge in [-0.15, -0.1) is 0 Å². The zero-order chi connectivity index (χ0) is 19.2. The number of carbonyl (C=O) groups excluding carboxylic acids is 4. The number of benzene rings is 2. The molecule has 0 aliphatic carbocycles. The number of methoxy groups -OCH3 is 1. The van der Waals surface area contributed by atoms with Crippen molar-refractivity contribution in [2.75, 3.05) is 7.11 Å². The van der Waals surface area contributed by atoms with Crippen LogP contribution < -0.4 is 5.32 Å². The number of hydrogen-bond donors (Lipinski definition) is 1. The topological polar surface area (TPSA) is 92.8 Å². The molecule has 136 valence electrons. The second kappa shape index (κ2) is 6.05. The van der Waals surface area contributed by atoms with Crippen molar-refractivity contribution in [2.45, 2.75) is 12.1 Å². The molecule has 3 amide bonds. The molecule has 2 aromatic carbocycles. The maximum Gasteiger partial charge on any atom is 0.321 e. The molecule has 2 aliphatic heterocycles. The van der Waals surface area contributed by atoms with Gasteiger partial charge in [0, 0.05) is 17.7 Å². The van der Waals surface area contributed by atoms with Gasteiger partial charge in [-0.05, 0) is 11.6 Å². The van der Waals surface area contributed by atoms with Gasteiger partial charge < -0.3 is 9.64 Å². The molecule has 2 atom stereocenters. The lowest BCUT2D eigenvalue weighted by Gasteiger charge is -2.36. The third-order valence-electron chi connectivity index (χ3n) is 5.12. The van der Waals surface area contributed by atoms with E-state index < -0.39 is 35.1 Å². The maximum absolute atomic E-state index is 13.2. The van der Waals surface area contributed by atoms with Crippen molar-refractivity contribution in [3.05, 3.63) is 71.3 Å². The summed E-state index contributed by atoms with van der Waals surface area (Å²) in [6, 6.07) is 15.6. The van der Waals surface area contributed by atoms with Crippen molar-refractivity contribution in [3.8, 4) is 0 Å². The van der Waals surface area contributed by atoms with E-state index in [0.29, 0.717) is 11.1 Å². The van der Waals surface area contributed by atoms with Crippen LogP contribution in [0.2, 0.25) is 0 Å². The summed E-state index contributed by atoms with van der Waals surface area (Å²) in [4.78, 5) is 52.4. The van der Waals surface area contributed by atoms with Crippen LogP contribution in [0.3, 0.4) is 0 Å². The SMILES string of the molecule is COC(=O)C1C(=O)NC(=O)C12c1ccccc1C(=O)N2Cc1ccccc1. The number of imide groups is 1. The van der Waals surface area contributed by atoms with E-state index >= 15 is 0 Å². The molecule has 0 radical (unpaired) electrons. The van der Waals surface area contributed by atoms with Gasteiger partial charge in [0.1, 0.15) is 0 Å². The van der Waals surface area contributed by atoms with E-state index in [9.17, 15) is 19.2 Å². The molecule has 2 heterocycles. The average Bonchev–Trinajstić information content (AvgIpc) is 3.09. The number of esters is 1. The minimum atomic E-state index is -1.76. The van der Waals surface area contributed by atoms with Crippen molar-refractivity contribution >= 4 is 23.7 Å². The molecule has 0 aromatic heterocycles. The van der Waals surface area contributed by atoms with E-state index in [0.717, 1.165) is 12.7 Å². The Morgan fingerprint density at radius 2 is 1.74 bits per heavy atom. The Labute approximate surface area is 154 Å². The number of ether oxygens (including phenoxy) is 1. The van der Waals surface area contributed by atoms with Crippen molar-refractivity contribution in [2.24, 2.45) is 5.92 Å². The molecule has 2 aromatic rings. The lowest BCUT2D eigenvalue weighted by molar-refractivity contribution is -0.155. The van der Waals surface area contributed by atoms with Gasteiger partial charge in [0.2, 0.25) is 5.91 Å². The second-order valence-corrected chi connectivity index (χ2v) is 6.46. The first-order chi connectivity index (χ1) is 13.0. The number of nitrogens with zero attached hydrogens (tertiary/aromatic N) is 1. The molecule has 2 aliphatic rings. The molecule has 2 unspecified atom stereocenters. The highest BCUT2D eigenvalue weighted by molar-refractivity contribution is 6.22. The Kier molecular flexibility index (Phi) is 3.80. The zero-order valence-electron chi connectivity index (χ0n) is 14.5. The highest BCUT2D eigenvalue weighted by Crippen LogP contribution is 2.48. The molecule has 0 saturated carbocycles. The predicted molar refractivity (Wildman–Crippen MR) is 93.1 cm³/mol. The molecule has 4 rings (SSSR count). The molecule has 7 heteroatoms. The van der Waals surface area contributed by atoms with Crippen LogP contribution in [0.5, 0.6) is 0 Å². The summed E-state index contributed by atoms with van der Waals surface area (Å²) < 4.78 is 4.80. The van der Waals surface area contributed by atoms with Gasteiger partial charge in [0.25, 0.3) is 11.8 Å². The second-order valence-electron chi connectivity index (χ2n) is 6.46. The molecular formula is C20H16N2O5. The Balaban J connectivity index is 1.95. The fourth-order valence-corrected chi connectivity index (χ4v) is 3.97. The maximum atomic E-state index is 13.2. The zero-order valence-corrected chi connectivity index (χ0v) is 14.5. The number of amides is 3. The van der Waals surface area contributed by atoms with Gasteiger partial charge in [-0.25, -0.2) is 0 Å². The highest BCUT2D eigenvalue weighted by Gasteiger charge is 2.68. The van der Waals surface area contributed by atoms with Gasteiger partial charge in [-0.1, -0.05) is 48.5 Å². The van der Waals surface area contributed by atoms with Crippen molar-refractivity contribution in [1.82, 2.24) is 10.2 Å². The first-order valence-electron chi connectivity index (χ1n) is 8.40. The first kappa shape index (κ1) is 17.0. The van der Waals surface area contributed by atoms with Crippen LogP contribution in [-0.4, -0.2) is 35.7 Å². The standard InChI is InChI=1S/C20H16N2O5/c1-27-18(25)15-16(23)21-19(26)20(15)14-10-6-5-9-13(14)17(24)22(20)11-12-7-3-2-4-8-12/h2-10,15H,11H2,1H3,(H,21,23,26). The highest BCUT2D eigenvalue weighted by atomic mass is 16.5. The monoisotopic (exact) mass is 364 g/mol. The van der Waals surface area contributed by atoms with Gasteiger partial charge in [0.05, 0.1) is 7.11 Å². The number of nitrogens with one attached hydrogen (secondary N) is 1. The summed E-state index contributed by atoms with van der Waals surface area (Å²) >= 11 is 0. The lowest BCUT2D eigenvalue weighted by atomic mass is 9.79. The summed E-state index contributed by atoms with van der Waals surface area (Å²) in [6.07, 6.45) is 0. The van der Waals surface area contributed by atoms with E-state index in [1.54, 1.807) is 24.3 Å². The van der Waals surface area contributed by atoms with E-state index in [1.807, 2.05) is 30.3 Å². The Bertz CT molecular complexity index is 971. The van der Waals surface area contributed by atoms with E-state index in [1.165, 1.54) is 4.90 Å². The van der Waals surface area contributed by atoms with Crippen LogP contribution in [0.25, 0.3) is 0 Å². The van der Waals surface area contributed by atoms with E-state index in [2.05, 4.69) is 5.32 Å². The molecule has 27 heavy (non-hydrogen) atoms. The van der Waals surface area contributed by atoms with Crippen LogP contribution in [0.15, 0.2) is 54.6 Å². The quantitative estimate of drug-likeness (QED) is 0.498. The van der Waals surface area contributed by atoms with E-state index in [-0.39, 0.29) is 6.54 Å². The van der Waals surface area contributed by atoms with Crippen LogP contribution in [0.4, 0.5) is 0 Å². The summed E-state index contributed by atoms with van der Waals surface area (Å²) in [5, 5.41) is 2.22. The lowest BCUT2D eigenvalue weighted by Crippen LogP contribution is -2.54. The largest absolute Gasteiger partial charge is 0.468 e. The molecule has 1 spiro atoms. The Morgan fingerprint density at radius 3 is 2.44 bits per heavy atom. The fourth-order valence-electron chi connectivity index (χ4n) is 3.97. The van der Waals surface area contributed by atoms with Crippen molar-refractivity contribution in [3.63, 3.8) is 0 Å². The molecule has 1 fully saturated rings. The van der Waals surface area contributed by atoms with Gasteiger partial charge >= 0.3 is 5.97 Å². The minimum absolute atomic E-state index is 0.0720. The molecular weight excluding hydrogens is 348 g/mol. The third kappa shape index (κ3) is 2.21. The van der Waals surface area contributed by atoms with Crippen LogP contribution >= 0.6 is 0 Å². The van der Waals surface area contributed by atoms with E-state index in [4.69, 9.17) is 4.74 Å². The normalized spacial score (nSPS) is 23.5. The summed E-state index contributed by atoms with van der Waals surface area (Å²) in [7, 11) is 1.15. The van der Waals surface area contributed by atoms with Crippen LogP contribution in [-0.2, 0) is 31.2 Å². The van der Waals surface area contributed by atoms with Gasteiger partial charge in [0.15, 0.2) is 11.5 Å². The minimum Gasteiger partial charge on any atom is -0.468 e. The number of fused-ring (bicyclic) bond motifs is 2. The third-order valence-corrected chi connectivity index (χ3v) is 5.12. The van der Waals surface area contributed by atoms with Crippen LogP contribution in [0.1, 0.15) is 21.5 Å². The Morgan fingerprint density at radius 1 is 1.07 bits per heavy atom. The number of hydrogen-bond acceptors (Lipinski definition) is 5. The summed E-state index contributed by atoms with van der Waals surface area (Å²) in [5.74, 6) is -4.20. The average molecular weight is 364 g/mol. The Hall–Kier alpha value is -3.48. The van der Waals surface area contributed by atoms with Crippen molar-refractivity contribution in [1.29, 1.82) is 0 Å². The molecule has 7 nitrogen and oxygen atoms in total. The smallest absolute Gasteiger partial charge is 0.321 e. The predicted octanol–water partition coefficient (Wildman–Crippen LogP) is 0.983. The summed E-state index contributed by atoms with van der Waals surface area (Å²) in [6.45, 7) is 0.0720. The number of carbonyl (C=O) groups is 4. The summed E-state index contributed by atoms with van der Waals surface area (Å²) in [5.41, 5.74) is -0.348. The first-order valence-corrected chi connectivity index (χ1v) is 8.40. The molecule has 0 bridgehead atoms. The van der Waals surface area contributed by atoms with Gasteiger partial charge in [-0.3, -0.25) is 24.5 Å². The van der Waals surface area contributed by atoms with Crippen molar-refractivity contribution < 1.29 is 23.9 Å².